The molecule has 1 aliphatic rings. The van der Waals surface area contributed by atoms with Crippen LogP contribution in [0.25, 0.3) is 0 Å². The summed E-state index contributed by atoms with van der Waals surface area (Å²) < 4.78 is 7.15. The molecule has 0 saturated heterocycles. The van der Waals surface area contributed by atoms with Crippen LogP contribution < -0.4 is 5.32 Å². The van der Waals surface area contributed by atoms with Gasteiger partial charge in [-0.1, -0.05) is 13.8 Å². The summed E-state index contributed by atoms with van der Waals surface area (Å²) in [6.45, 7) is 5.97. The van der Waals surface area contributed by atoms with E-state index >= 15 is 0 Å². The number of pyridine rings is 1. The highest BCUT2D eigenvalue weighted by molar-refractivity contribution is 6.16. The molecule has 0 aromatic carbocycles. The molecule has 0 bridgehead atoms. The molecule has 1 amide bonds. The molecule has 1 N–H and O–H groups in total. The molecule has 8 heteroatoms. The number of nitrogens with one attached hydrogen (secondary N) is 1. The fourth-order valence-corrected chi connectivity index (χ4v) is 2.93. The summed E-state index contributed by atoms with van der Waals surface area (Å²) in [5.41, 5.74) is 0.905. The maximum atomic E-state index is 12.6. The minimum atomic E-state index is -0.808. The lowest BCUT2D eigenvalue weighted by molar-refractivity contribution is -0.123. The maximum absolute atomic E-state index is 12.6. The summed E-state index contributed by atoms with van der Waals surface area (Å²) >= 11 is 0. The number of hydrogen-bond donors (Lipinski definition) is 1. The van der Waals surface area contributed by atoms with Gasteiger partial charge in [-0.25, -0.2) is 4.79 Å². The maximum Gasteiger partial charge on any atom is 0.340 e. The van der Waals surface area contributed by atoms with E-state index in [0.717, 1.165) is 12.0 Å². The normalized spacial score (nSPS) is 18.9. The van der Waals surface area contributed by atoms with Crippen LogP contribution in [-0.2, 0) is 23.0 Å². The van der Waals surface area contributed by atoms with Gasteiger partial charge in [-0.2, -0.15) is 10.1 Å². The highest BCUT2D eigenvalue weighted by atomic mass is 16.5. The second-order valence-electron chi connectivity index (χ2n) is 7.41. The van der Waals surface area contributed by atoms with Crippen LogP contribution in [0.4, 0.5) is 0 Å². The van der Waals surface area contributed by atoms with Crippen molar-refractivity contribution < 1.29 is 14.3 Å². The van der Waals surface area contributed by atoms with Gasteiger partial charge in [-0.3, -0.25) is 14.5 Å². The average molecular weight is 383 g/mol. The second-order valence-corrected chi connectivity index (χ2v) is 7.41. The lowest BCUT2D eigenvalue weighted by Crippen LogP contribution is -2.50. The molecule has 0 radical (unpaired) electrons. The van der Waals surface area contributed by atoms with Crippen molar-refractivity contribution in [2.75, 3.05) is 6.61 Å². The van der Waals surface area contributed by atoms with Crippen LogP contribution >= 0.6 is 0 Å². The van der Waals surface area contributed by atoms with Crippen molar-refractivity contribution in [3.63, 3.8) is 0 Å². The third-order valence-corrected chi connectivity index (χ3v) is 5.04. The van der Waals surface area contributed by atoms with Crippen LogP contribution in [0.1, 0.15) is 48.8 Å². The van der Waals surface area contributed by atoms with Crippen molar-refractivity contribution in [1.82, 2.24) is 20.1 Å². The van der Waals surface area contributed by atoms with E-state index in [-0.39, 0.29) is 24.0 Å². The predicted molar refractivity (Wildman–Crippen MR) is 104 cm³/mol. The molecule has 1 aliphatic heterocycles. The lowest BCUT2D eigenvalue weighted by Gasteiger charge is -2.27. The highest BCUT2D eigenvalue weighted by Crippen LogP contribution is 2.24. The van der Waals surface area contributed by atoms with Gasteiger partial charge in [0, 0.05) is 19.4 Å². The molecule has 0 fully saturated rings. The molecule has 0 aliphatic carbocycles. The van der Waals surface area contributed by atoms with Crippen LogP contribution in [-0.4, -0.2) is 44.6 Å². The van der Waals surface area contributed by atoms with E-state index < -0.39 is 11.5 Å². The standard InChI is InChI=1S/C20H25N5O3/c1-13(2)20(3)19(27)23-17(24-20)16-15(8-5-9-21-16)18(26)28-10-6-7-14-11-22-25(4)12-14/h5,8-9,11-13H,6-7,10H2,1-4H3,(H,23,24,27). The number of carbonyl (C=O) groups is 2. The quantitative estimate of drug-likeness (QED) is 0.579. The van der Waals surface area contributed by atoms with Gasteiger partial charge in [0.05, 0.1) is 18.4 Å². The highest BCUT2D eigenvalue weighted by Gasteiger charge is 2.43. The fraction of sp³-hybridized carbons (Fsp3) is 0.450. The number of ether oxygens (including phenoxy) is 1. The van der Waals surface area contributed by atoms with Gasteiger partial charge >= 0.3 is 5.97 Å². The number of amidine groups is 1. The van der Waals surface area contributed by atoms with Gasteiger partial charge in [0.1, 0.15) is 11.2 Å². The molecule has 1 unspecified atom stereocenters. The number of aromatic nitrogens is 3. The molecule has 1 atom stereocenters. The Bertz CT molecular complexity index is 918. The van der Waals surface area contributed by atoms with Crippen LogP contribution in [0.3, 0.4) is 0 Å². The number of nitrogens with zero attached hydrogens (tertiary/aromatic N) is 4. The summed E-state index contributed by atoms with van der Waals surface area (Å²) in [6.07, 6.45) is 6.77. The Labute approximate surface area is 164 Å². The van der Waals surface area contributed by atoms with E-state index in [4.69, 9.17) is 4.74 Å². The van der Waals surface area contributed by atoms with Crippen LogP contribution in [0.2, 0.25) is 0 Å². The van der Waals surface area contributed by atoms with Gasteiger partial charge in [-0.05, 0) is 43.4 Å². The summed E-state index contributed by atoms with van der Waals surface area (Å²) in [6, 6.07) is 3.29. The molecule has 3 heterocycles. The smallest absolute Gasteiger partial charge is 0.340 e. The lowest BCUT2D eigenvalue weighted by atomic mass is 9.88. The Morgan fingerprint density at radius 3 is 2.82 bits per heavy atom. The Morgan fingerprint density at radius 1 is 1.39 bits per heavy atom. The predicted octanol–water partition coefficient (Wildman–Crippen LogP) is 1.90. The molecule has 148 valence electrons. The van der Waals surface area contributed by atoms with E-state index in [0.29, 0.717) is 18.0 Å². The van der Waals surface area contributed by atoms with Gasteiger partial charge in [0.15, 0.2) is 5.84 Å². The minimum absolute atomic E-state index is 0.0350. The molecule has 2 aromatic rings. The molecule has 8 nitrogen and oxygen atoms in total. The van der Waals surface area contributed by atoms with Crippen molar-refractivity contribution in [2.45, 2.75) is 39.2 Å². The summed E-state index contributed by atoms with van der Waals surface area (Å²) in [5, 5.41) is 7.26. The van der Waals surface area contributed by atoms with E-state index in [1.807, 2.05) is 27.1 Å². The van der Waals surface area contributed by atoms with E-state index in [2.05, 4.69) is 20.4 Å². The molecule has 0 saturated carbocycles. The van der Waals surface area contributed by atoms with Gasteiger partial charge < -0.3 is 10.1 Å². The van der Waals surface area contributed by atoms with E-state index in [1.54, 1.807) is 36.1 Å². The zero-order chi connectivity index (χ0) is 20.3. The Hall–Kier alpha value is -3.03. The number of hydrogen-bond acceptors (Lipinski definition) is 6. The van der Waals surface area contributed by atoms with Gasteiger partial charge in [0.2, 0.25) is 0 Å². The largest absolute Gasteiger partial charge is 0.462 e. The van der Waals surface area contributed by atoms with Crippen molar-refractivity contribution in [3.05, 3.63) is 47.5 Å². The number of aryl methyl sites for hydroxylation is 2. The molecule has 0 spiro atoms. The van der Waals surface area contributed by atoms with E-state index in [9.17, 15) is 9.59 Å². The summed E-state index contributed by atoms with van der Waals surface area (Å²) in [7, 11) is 1.86. The third-order valence-electron chi connectivity index (χ3n) is 5.04. The summed E-state index contributed by atoms with van der Waals surface area (Å²) in [4.78, 5) is 33.3. The first-order valence-electron chi connectivity index (χ1n) is 9.32. The molecule has 28 heavy (non-hydrogen) atoms. The number of aliphatic imine (C=N–C) groups is 1. The van der Waals surface area contributed by atoms with Crippen LogP contribution in [0.15, 0.2) is 35.7 Å². The van der Waals surface area contributed by atoms with Gasteiger partial charge in [0.25, 0.3) is 5.91 Å². The first kappa shape index (κ1) is 19.7. The minimum Gasteiger partial charge on any atom is -0.462 e. The van der Waals surface area contributed by atoms with Crippen molar-refractivity contribution in [2.24, 2.45) is 18.0 Å². The van der Waals surface area contributed by atoms with Crippen molar-refractivity contribution >= 4 is 17.7 Å². The molecular formula is C20H25N5O3. The van der Waals surface area contributed by atoms with Crippen molar-refractivity contribution in [3.8, 4) is 0 Å². The first-order valence-corrected chi connectivity index (χ1v) is 9.32. The zero-order valence-electron chi connectivity index (χ0n) is 16.6. The topological polar surface area (TPSA) is 98.5 Å². The number of rotatable bonds is 7. The fourth-order valence-electron chi connectivity index (χ4n) is 2.93. The molecule has 3 rings (SSSR count). The van der Waals surface area contributed by atoms with E-state index in [1.165, 1.54) is 0 Å². The van der Waals surface area contributed by atoms with Crippen LogP contribution in [0.5, 0.6) is 0 Å². The monoisotopic (exact) mass is 383 g/mol. The number of carbonyl (C=O) groups excluding carboxylic acids is 2. The van der Waals surface area contributed by atoms with Gasteiger partial charge in [-0.15, -0.1) is 0 Å². The Morgan fingerprint density at radius 2 is 2.18 bits per heavy atom. The average Bonchev–Trinajstić information content (AvgIpc) is 3.22. The molecule has 2 aromatic heterocycles. The Kier molecular flexibility index (Phi) is 5.58. The third kappa shape index (κ3) is 3.95. The Balaban J connectivity index is 1.66. The zero-order valence-corrected chi connectivity index (χ0v) is 16.6. The molecular weight excluding hydrogens is 358 g/mol. The first-order chi connectivity index (χ1) is 13.3. The summed E-state index contributed by atoms with van der Waals surface area (Å²) in [5.74, 6) is -0.403. The SMILES string of the molecule is CC(C)C1(C)NC(c2ncccc2C(=O)OCCCc2cnn(C)c2)=NC1=O. The number of esters is 1. The van der Waals surface area contributed by atoms with Crippen molar-refractivity contribution in [1.29, 1.82) is 0 Å². The number of amides is 1. The second kappa shape index (κ2) is 7.92. The van der Waals surface area contributed by atoms with Crippen LogP contribution in [0, 0.1) is 5.92 Å².